The van der Waals surface area contributed by atoms with Crippen LogP contribution in [0.4, 0.5) is 39.8 Å². The van der Waals surface area contributed by atoms with Gasteiger partial charge in [0, 0.05) is 75.9 Å². The van der Waals surface area contributed by atoms with Gasteiger partial charge in [-0.2, -0.15) is 0 Å². The molecule has 0 saturated carbocycles. The maximum absolute atomic E-state index is 7.94. The van der Waals surface area contributed by atoms with Crippen LogP contribution in [-0.4, -0.2) is 0 Å². The SMILES string of the molecule is [C-]#[N+]c1cccc(N(c2ccccc2)c2cc(N(c3ccccc3)c3ccc4c(c3)oc3ccccc34)c3oc4ccc(-c5cc6c7ccccc7sc6c6ccccc56)cc4c3c2)c1. The minimum atomic E-state index is 0.566. The molecule has 13 aromatic rings. The Kier molecular flexibility index (Phi) is 8.39. The summed E-state index contributed by atoms with van der Waals surface area (Å²) in [5.41, 5.74) is 11.5. The van der Waals surface area contributed by atoms with Crippen molar-refractivity contribution in [3.05, 3.63) is 224 Å². The molecule has 0 aliphatic carbocycles. The van der Waals surface area contributed by atoms with Crippen LogP contribution in [-0.2, 0) is 0 Å². The summed E-state index contributed by atoms with van der Waals surface area (Å²) in [5, 5.41) is 9.11. The van der Waals surface area contributed by atoms with Crippen LogP contribution in [0.15, 0.2) is 221 Å². The van der Waals surface area contributed by atoms with Crippen LogP contribution in [0, 0.1) is 6.57 Å². The van der Waals surface area contributed by atoms with Gasteiger partial charge < -0.3 is 18.6 Å². The van der Waals surface area contributed by atoms with Crippen LogP contribution < -0.4 is 9.80 Å². The zero-order valence-corrected chi connectivity index (χ0v) is 35.6. The molecule has 0 saturated heterocycles. The van der Waals surface area contributed by atoms with E-state index in [1.165, 1.54) is 36.5 Å². The van der Waals surface area contributed by atoms with Crippen molar-refractivity contribution < 1.29 is 8.83 Å². The topological polar surface area (TPSA) is 37.1 Å². The molecule has 3 heterocycles. The lowest BCUT2D eigenvalue weighted by atomic mass is 9.94. The number of hydrogen-bond donors (Lipinski definition) is 0. The van der Waals surface area contributed by atoms with Gasteiger partial charge in [-0.15, -0.1) is 11.3 Å². The first-order valence-electron chi connectivity index (χ1n) is 21.6. The molecule has 0 amide bonds. The van der Waals surface area contributed by atoms with E-state index in [-0.39, 0.29) is 0 Å². The van der Waals surface area contributed by atoms with Gasteiger partial charge in [0.15, 0.2) is 11.3 Å². The number of benzene rings is 10. The minimum Gasteiger partial charge on any atom is -0.456 e. The predicted octanol–water partition coefficient (Wildman–Crippen LogP) is 18.2. The Hall–Kier alpha value is -8.63. The number of para-hydroxylation sites is 3. The lowest BCUT2D eigenvalue weighted by molar-refractivity contribution is 0.667. The highest BCUT2D eigenvalue weighted by Crippen LogP contribution is 2.49. The average Bonchev–Trinajstić information content (AvgIpc) is 4.06. The van der Waals surface area contributed by atoms with Gasteiger partial charge in [-0.3, -0.25) is 0 Å². The van der Waals surface area contributed by atoms with E-state index in [9.17, 15) is 0 Å². The molecule has 0 aliphatic rings. The van der Waals surface area contributed by atoms with Crippen LogP contribution >= 0.6 is 11.3 Å². The van der Waals surface area contributed by atoms with E-state index in [1.54, 1.807) is 0 Å². The number of rotatable bonds is 7. The average molecular weight is 850 g/mol. The number of hydrogen-bond acceptors (Lipinski definition) is 5. The lowest BCUT2D eigenvalue weighted by Crippen LogP contribution is -2.13. The molecule has 0 atom stereocenters. The molecule has 0 aliphatic heterocycles. The van der Waals surface area contributed by atoms with Crippen molar-refractivity contribution in [3.63, 3.8) is 0 Å². The standard InChI is InChI=1S/C59H35N3O2S/c1-60-38-15-14-20-41(32-38)61(39-16-4-2-5-17-39)43-33-51-50-31-37(49-36-52-47-23-11-13-26-57(47)65-59(52)48-24-9-8-21-44(48)49)27-30-55(50)64-58(51)53(34-43)62(40-18-6-3-7-19-40)42-28-29-46-45-22-10-12-25-54(45)63-56(46)35-42/h2-36H. The molecule has 3 aromatic heterocycles. The maximum atomic E-state index is 7.94. The van der Waals surface area contributed by atoms with E-state index in [0.29, 0.717) is 5.69 Å². The van der Waals surface area contributed by atoms with Gasteiger partial charge in [-0.25, -0.2) is 4.85 Å². The predicted molar refractivity (Wildman–Crippen MR) is 272 cm³/mol. The van der Waals surface area contributed by atoms with Gasteiger partial charge in [0.1, 0.15) is 16.7 Å². The number of nitrogens with zero attached hydrogens (tertiary/aromatic N) is 3. The molecule has 65 heavy (non-hydrogen) atoms. The lowest BCUT2D eigenvalue weighted by Gasteiger charge is -2.29. The molecule has 10 aromatic carbocycles. The monoisotopic (exact) mass is 849 g/mol. The first kappa shape index (κ1) is 37.0. The van der Waals surface area contributed by atoms with Gasteiger partial charge in [-0.1, -0.05) is 115 Å². The molecule has 0 unspecified atom stereocenters. The highest BCUT2D eigenvalue weighted by molar-refractivity contribution is 7.26. The second-order valence-corrected chi connectivity index (χ2v) is 17.4. The number of anilines is 6. The molecule has 0 spiro atoms. The van der Waals surface area contributed by atoms with Gasteiger partial charge >= 0.3 is 0 Å². The second kappa shape index (κ2) is 14.7. The first-order valence-corrected chi connectivity index (χ1v) is 22.4. The molecule has 0 radical (unpaired) electrons. The quantitative estimate of drug-likeness (QED) is 0.150. The Balaban J connectivity index is 1.11. The molecule has 0 bridgehead atoms. The number of thiophene rings is 1. The summed E-state index contributed by atoms with van der Waals surface area (Å²) in [6, 6.07) is 74.2. The molecule has 304 valence electrons. The summed E-state index contributed by atoms with van der Waals surface area (Å²) in [6.45, 7) is 7.94. The Morgan fingerprint density at radius 1 is 0.385 bits per heavy atom. The zero-order chi connectivity index (χ0) is 43.0. The Labute approximate surface area is 377 Å². The van der Waals surface area contributed by atoms with E-state index >= 15 is 0 Å². The second-order valence-electron chi connectivity index (χ2n) is 16.4. The summed E-state index contributed by atoms with van der Waals surface area (Å²) < 4.78 is 16.2. The molecular weight excluding hydrogens is 815 g/mol. The summed E-state index contributed by atoms with van der Waals surface area (Å²) in [5.74, 6) is 0. The van der Waals surface area contributed by atoms with Crippen molar-refractivity contribution in [2.24, 2.45) is 0 Å². The third kappa shape index (κ3) is 5.98. The first-order chi connectivity index (χ1) is 32.2. The Morgan fingerprint density at radius 3 is 1.86 bits per heavy atom. The molecule has 0 N–H and O–H groups in total. The van der Waals surface area contributed by atoms with Crippen LogP contribution in [0.1, 0.15) is 0 Å². The molecule has 5 nitrogen and oxygen atoms in total. The van der Waals surface area contributed by atoms with Crippen molar-refractivity contribution in [2.45, 2.75) is 0 Å². The van der Waals surface area contributed by atoms with E-state index in [2.05, 4.69) is 178 Å². The van der Waals surface area contributed by atoms with Gasteiger partial charge in [0.25, 0.3) is 0 Å². The van der Waals surface area contributed by atoms with Crippen LogP contribution in [0.25, 0.3) is 90.8 Å². The van der Waals surface area contributed by atoms with Crippen LogP contribution in [0.2, 0.25) is 0 Å². The highest BCUT2D eigenvalue weighted by atomic mass is 32.1. The minimum absolute atomic E-state index is 0.566. The normalized spacial score (nSPS) is 11.7. The summed E-state index contributed by atoms with van der Waals surface area (Å²) in [6.07, 6.45) is 0. The van der Waals surface area contributed by atoms with Crippen LogP contribution in [0.3, 0.4) is 0 Å². The molecular formula is C59H35N3O2S. The van der Waals surface area contributed by atoms with Crippen molar-refractivity contribution in [3.8, 4) is 11.1 Å². The molecule has 6 heteroatoms. The fourth-order valence-electron chi connectivity index (χ4n) is 9.68. The number of furan rings is 2. The van der Waals surface area contributed by atoms with Gasteiger partial charge in [-0.05, 0) is 108 Å². The molecule has 0 fully saturated rings. The Bertz CT molecular complexity index is 4050. The maximum Gasteiger partial charge on any atom is 0.189 e. The van der Waals surface area contributed by atoms with Gasteiger partial charge in [0.05, 0.1) is 17.9 Å². The Morgan fingerprint density at radius 2 is 1.05 bits per heavy atom. The van der Waals surface area contributed by atoms with Gasteiger partial charge in [0.2, 0.25) is 0 Å². The van der Waals surface area contributed by atoms with Crippen molar-refractivity contribution in [1.82, 2.24) is 0 Å². The third-order valence-corrected chi connectivity index (χ3v) is 13.8. The number of fused-ring (bicyclic) bond motifs is 11. The summed E-state index contributed by atoms with van der Waals surface area (Å²) in [4.78, 5) is 8.33. The summed E-state index contributed by atoms with van der Waals surface area (Å²) >= 11 is 1.86. The molecule has 13 rings (SSSR count). The van der Waals surface area contributed by atoms with Crippen molar-refractivity contribution >= 4 is 126 Å². The smallest absolute Gasteiger partial charge is 0.189 e. The highest BCUT2D eigenvalue weighted by Gasteiger charge is 2.25. The van der Waals surface area contributed by atoms with Crippen molar-refractivity contribution in [1.29, 1.82) is 0 Å². The third-order valence-electron chi connectivity index (χ3n) is 12.6. The van der Waals surface area contributed by atoms with Crippen LogP contribution in [0.5, 0.6) is 0 Å². The van der Waals surface area contributed by atoms with E-state index < -0.39 is 0 Å². The zero-order valence-electron chi connectivity index (χ0n) is 34.8. The van der Waals surface area contributed by atoms with E-state index in [4.69, 9.17) is 15.4 Å². The largest absolute Gasteiger partial charge is 0.456 e. The van der Waals surface area contributed by atoms with Crippen molar-refractivity contribution in [2.75, 3.05) is 9.80 Å². The fourth-order valence-corrected chi connectivity index (χ4v) is 10.9. The van der Waals surface area contributed by atoms with E-state index in [0.717, 1.165) is 83.6 Å². The fraction of sp³-hybridized carbons (Fsp3) is 0. The van der Waals surface area contributed by atoms with E-state index in [1.807, 2.05) is 59.9 Å². The summed E-state index contributed by atoms with van der Waals surface area (Å²) in [7, 11) is 0.